The van der Waals surface area contributed by atoms with Crippen LogP contribution >= 0.6 is 15.9 Å². The lowest BCUT2D eigenvalue weighted by molar-refractivity contribution is 0.283. The average molecular weight is 274 g/mol. The summed E-state index contributed by atoms with van der Waals surface area (Å²) < 4.78 is 6.22. The Balaban J connectivity index is 2.12. The van der Waals surface area contributed by atoms with Gasteiger partial charge in [0.2, 0.25) is 0 Å². The molecule has 0 aliphatic heterocycles. The van der Waals surface area contributed by atoms with Crippen LogP contribution in [0.15, 0.2) is 16.9 Å². The maximum atomic E-state index is 5.36. The highest BCUT2D eigenvalue weighted by Gasteiger charge is 1.97. The van der Waals surface area contributed by atoms with Gasteiger partial charge in [-0.05, 0) is 28.9 Å². The van der Waals surface area contributed by atoms with Crippen molar-refractivity contribution < 1.29 is 4.74 Å². The summed E-state index contributed by atoms with van der Waals surface area (Å²) >= 11 is 3.26. The summed E-state index contributed by atoms with van der Waals surface area (Å²) in [5.41, 5.74) is 0. The minimum Gasteiger partial charge on any atom is -0.463 e. The number of nitrogens with zero attached hydrogens (tertiary/aromatic N) is 2. The third-order valence-electron chi connectivity index (χ3n) is 1.70. The summed E-state index contributed by atoms with van der Waals surface area (Å²) in [4.78, 5) is 8.02. The van der Waals surface area contributed by atoms with E-state index < -0.39 is 0 Å². The van der Waals surface area contributed by atoms with Gasteiger partial charge in [0.25, 0.3) is 0 Å². The molecule has 0 fully saturated rings. The topological polar surface area (TPSA) is 47.0 Å². The van der Waals surface area contributed by atoms with E-state index in [4.69, 9.17) is 4.74 Å². The van der Waals surface area contributed by atoms with Gasteiger partial charge in [0.1, 0.15) is 0 Å². The van der Waals surface area contributed by atoms with Crippen LogP contribution in [0.3, 0.4) is 0 Å². The second-order valence-electron chi connectivity index (χ2n) is 3.49. The fourth-order valence-corrected chi connectivity index (χ4v) is 1.21. The SMILES string of the molecule is CC(C)NCCCOc1ncc(Br)cn1. The number of ether oxygens (including phenoxy) is 1. The number of hydrogen-bond acceptors (Lipinski definition) is 4. The monoisotopic (exact) mass is 273 g/mol. The molecule has 1 rings (SSSR count). The quantitative estimate of drug-likeness (QED) is 0.806. The molecular formula is C10H16BrN3O. The van der Waals surface area contributed by atoms with Crippen molar-refractivity contribution in [2.24, 2.45) is 0 Å². The van der Waals surface area contributed by atoms with Crippen LogP contribution in [0.2, 0.25) is 0 Å². The van der Waals surface area contributed by atoms with Crippen molar-refractivity contribution in [3.63, 3.8) is 0 Å². The number of hydrogen-bond donors (Lipinski definition) is 1. The average Bonchev–Trinajstić information content (AvgIpc) is 2.20. The summed E-state index contributed by atoms with van der Waals surface area (Å²) in [5.74, 6) is 0. The Kier molecular flexibility index (Phi) is 5.57. The maximum Gasteiger partial charge on any atom is 0.316 e. The first kappa shape index (κ1) is 12.4. The van der Waals surface area contributed by atoms with Gasteiger partial charge in [-0.25, -0.2) is 9.97 Å². The van der Waals surface area contributed by atoms with E-state index in [0.717, 1.165) is 17.4 Å². The second-order valence-corrected chi connectivity index (χ2v) is 4.41. The second kappa shape index (κ2) is 6.74. The number of rotatable bonds is 6. The van der Waals surface area contributed by atoms with Crippen LogP contribution in [0, 0.1) is 0 Å². The van der Waals surface area contributed by atoms with Crippen molar-refractivity contribution in [3.8, 4) is 6.01 Å². The molecule has 0 unspecified atom stereocenters. The molecule has 0 aliphatic carbocycles. The molecule has 0 aromatic carbocycles. The van der Waals surface area contributed by atoms with E-state index in [1.807, 2.05) is 0 Å². The third kappa shape index (κ3) is 5.69. The lowest BCUT2D eigenvalue weighted by Gasteiger charge is -2.07. The molecule has 0 atom stereocenters. The summed E-state index contributed by atoms with van der Waals surface area (Å²) in [7, 11) is 0. The minimum atomic E-state index is 0.433. The Morgan fingerprint density at radius 2 is 2.07 bits per heavy atom. The van der Waals surface area contributed by atoms with Crippen molar-refractivity contribution in [1.29, 1.82) is 0 Å². The van der Waals surface area contributed by atoms with Gasteiger partial charge >= 0.3 is 6.01 Å². The highest BCUT2D eigenvalue weighted by Crippen LogP contribution is 2.08. The Hall–Kier alpha value is -0.680. The van der Waals surface area contributed by atoms with E-state index in [1.165, 1.54) is 0 Å². The predicted molar refractivity (Wildman–Crippen MR) is 63.0 cm³/mol. The molecule has 0 saturated heterocycles. The molecule has 0 radical (unpaired) electrons. The predicted octanol–water partition coefficient (Wildman–Crippen LogP) is 2.01. The van der Waals surface area contributed by atoms with Gasteiger partial charge < -0.3 is 10.1 Å². The van der Waals surface area contributed by atoms with Crippen molar-refractivity contribution in [1.82, 2.24) is 15.3 Å². The summed E-state index contributed by atoms with van der Waals surface area (Å²) in [6.07, 6.45) is 4.31. The van der Waals surface area contributed by atoms with E-state index in [-0.39, 0.29) is 0 Å². The Bertz CT molecular complexity index is 277. The van der Waals surface area contributed by atoms with Gasteiger partial charge in [-0.3, -0.25) is 0 Å². The van der Waals surface area contributed by atoms with Crippen LogP contribution < -0.4 is 10.1 Å². The fraction of sp³-hybridized carbons (Fsp3) is 0.600. The van der Waals surface area contributed by atoms with Crippen molar-refractivity contribution in [2.75, 3.05) is 13.2 Å². The molecule has 1 aromatic heterocycles. The van der Waals surface area contributed by atoms with Gasteiger partial charge in [-0.1, -0.05) is 13.8 Å². The zero-order valence-corrected chi connectivity index (χ0v) is 10.6. The summed E-state index contributed by atoms with van der Waals surface area (Å²) in [6, 6.07) is 0.955. The lowest BCUT2D eigenvalue weighted by atomic mass is 10.3. The van der Waals surface area contributed by atoms with Gasteiger partial charge in [0.05, 0.1) is 11.1 Å². The van der Waals surface area contributed by atoms with Crippen LogP contribution in [0.1, 0.15) is 20.3 Å². The van der Waals surface area contributed by atoms with E-state index in [2.05, 4.69) is 45.1 Å². The van der Waals surface area contributed by atoms with Crippen LogP contribution in [0.25, 0.3) is 0 Å². The zero-order chi connectivity index (χ0) is 11.1. The summed E-state index contributed by atoms with van der Waals surface area (Å²) in [5, 5.41) is 3.31. The smallest absolute Gasteiger partial charge is 0.316 e. The van der Waals surface area contributed by atoms with Gasteiger partial charge in [0.15, 0.2) is 0 Å². The molecule has 1 aromatic rings. The summed E-state index contributed by atoms with van der Waals surface area (Å²) in [6.45, 7) is 5.84. The first-order valence-electron chi connectivity index (χ1n) is 5.02. The molecule has 1 heterocycles. The molecule has 84 valence electrons. The maximum absolute atomic E-state index is 5.36. The minimum absolute atomic E-state index is 0.433. The Morgan fingerprint density at radius 3 is 2.67 bits per heavy atom. The molecule has 15 heavy (non-hydrogen) atoms. The normalized spacial score (nSPS) is 10.7. The first-order valence-corrected chi connectivity index (χ1v) is 5.81. The molecule has 0 amide bonds. The van der Waals surface area contributed by atoms with Crippen LogP contribution in [0.5, 0.6) is 6.01 Å². The highest BCUT2D eigenvalue weighted by molar-refractivity contribution is 9.10. The van der Waals surface area contributed by atoms with Crippen molar-refractivity contribution in [2.45, 2.75) is 26.3 Å². The molecule has 0 bridgehead atoms. The van der Waals surface area contributed by atoms with Crippen LogP contribution in [-0.4, -0.2) is 29.2 Å². The molecule has 5 heteroatoms. The molecule has 0 spiro atoms. The highest BCUT2D eigenvalue weighted by atomic mass is 79.9. The van der Waals surface area contributed by atoms with Gasteiger partial charge in [-0.2, -0.15) is 0 Å². The first-order chi connectivity index (χ1) is 7.18. The molecule has 0 aliphatic rings. The van der Waals surface area contributed by atoms with Crippen LogP contribution in [0.4, 0.5) is 0 Å². The van der Waals surface area contributed by atoms with E-state index in [9.17, 15) is 0 Å². The van der Waals surface area contributed by atoms with Crippen molar-refractivity contribution in [3.05, 3.63) is 16.9 Å². The fourth-order valence-electron chi connectivity index (χ4n) is 1.00. The van der Waals surface area contributed by atoms with Crippen molar-refractivity contribution >= 4 is 15.9 Å². The number of aromatic nitrogens is 2. The molecular weight excluding hydrogens is 258 g/mol. The van der Waals surface area contributed by atoms with E-state index in [0.29, 0.717) is 18.7 Å². The van der Waals surface area contributed by atoms with Crippen LogP contribution in [-0.2, 0) is 0 Å². The van der Waals surface area contributed by atoms with Gasteiger partial charge in [0, 0.05) is 18.4 Å². The largest absolute Gasteiger partial charge is 0.463 e. The zero-order valence-electron chi connectivity index (χ0n) is 9.03. The Labute approximate surface area is 98.6 Å². The van der Waals surface area contributed by atoms with E-state index >= 15 is 0 Å². The number of halogens is 1. The van der Waals surface area contributed by atoms with E-state index in [1.54, 1.807) is 12.4 Å². The third-order valence-corrected chi connectivity index (χ3v) is 2.11. The number of nitrogens with one attached hydrogen (secondary N) is 1. The van der Waals surface area contributed by atoms with Gasteiger partial charge in [-0.15, -0.1) is 0 Å². The molecule has 4 nitrogen and oxygen atoms in total. The molecule has 1 N–H and O–H groups in total. The standard InChI is InChI=1S/C10H16BrN3O/c1-8(2)12-4-3-5-15-10-13-6-9(11)7-14-10/h6-8,12H,3-5H2,1-2H3. The molecule has 0 saturated carbocycles. The lowest BCUT2D eigenvalue weighted by Crippen LogP contribution is -2.24. The Morgan fingerprint density at radius 1 is 1.40 bits per heavy atom.